The maximum Gasteiger partial charge on any atom is 0.220 e. The third kappa shape index (κ3) is 3.82. The van der Waals surface area contributed by atoms with Crippen LogP contribution < -0.4 is 11.1 Å². The zero-order chi connectivity index (χ0) is 13.0. The van der Waals surface area contributed by atoms with Gasteiger partial charge in [0.1, 0.15) is 0 Å². The monoisotopic (exact) mass is 266 g/mol. The van der Waals surface area contributed by atoms with E-state index in [2.05, 4.69) is 24.4 Å². The second-order valence-electron chi connectivity index (χ2n) is 5.20. The topological polar surface area (TPSA) is 55.1 Å². The van der Waals surface area contributed by atoms with Crippen molar-refractivity contribution in [2.24, 2.45) is 11.7 Å². The maximum atomic E-state index is 11.9. The summed E-state index contributed by atoms with van der Waals surface area (Å²) in [6.45, 7) is 2.73. The molecule has 0 aromatic carbocycles. The van der Waals surface area contributed by atoms with Crippen molar-refractivity contribution >= 4 is 17.2 Å². The Hall–Kier alpha value is -0.870. The molecular weight excluding hydrogens is 244 g/mol. The van der Waals surface area contributed by atoms with Crippen molar-refractivity contribution in [3.63, 3.8) is 0 Å². The summed E-state index contributed by atoms with van der Waals surface area (Å²) in [6.07, 6.45) is 5.20. The molecule has 1 aliphatic rings. The molecule has 100 valence electrons. The number of amides is 1. The number of nitrogens with two attached hydrogens (primary N) is 1. The van der Waals surface area contributed by atoms with Crippen LogP contribution in [0.5, 0.6) is 0 Å². The van der Waals surface area contributed by atoms with E-state index in [-0.39, 0.29) is 11.9 Å². The first-order valence-corrected chi connectivity index (χ1v) is 7.54. The van der Waals surface area contributed by atoms with Gasteiger partial charge in [-0.25, -0.2) is 0 Å². The van der Waals surface area contributed by atoms with Gasteiger partial charge in [-0.2, -0.15) is 0 Å². The highest BCUT2D eigenvalue weighted by atomic mass is 32.1. The second kappa shape index (κ2) is 6.34. The highest BCUT2D eigenvalue weighted by Crippen LogP contribution is 2.25. The Morgan fingerprint density at radius 2 is 2.22 bits per heavy atom. The molecule has 3 nitrogen and oxygen atoms in total. The Labute approximate surface area is 113 Å². The molecule has 0 radical (unpaired) electrons. The quantitative estimate of drug-likeness (QED) is 0.880. The van der Waals surface area contributed by atoms with Gasteiger partial charge in [-0.1, -0.05) is 12.8 Å². The first kappa shape index (κ1) is 13.6. The zero-order valence-corrected chi connectivity index (χ0v) is 11.8. The Kier molecular flexibility index (Phi) is 4.78. The average molecular weight is 266 g/mol. The molecule has 3 N–H and O–H groups in total. The van der Waals surface area contributed by atoms with Gasteiger partial charge in [0, 0.05) is 22.2 Å². The molecule has 0 bridgehead atoms. The van der Waals surface area contributed by atoms with Crippen LogP contribution in [0.3, 0.4) is 0 Å². The van der Waals surface area contributed by atoms with Crippen molar-refractivity contribution in [3.8, 4) is 0 Å². The van der Waals surface area contributed by atoms with Crippen LogP contribution in [0.4, 0.5) is 0 Å². The fourth-order valence-electron chi connectivity index (χ4n) is 2.57. The van der Waals surface area contributed by atoms with Crippen molar-refractivity contribution in [1.29, 1.82) is 0 Å². The van der Waals surface area contributed by atoms with Gasteiger partial charge >= 0.3 is 0 Å². The van der Waals surface area contributed by atoms with Crippen molar-refractivity contribution in [2.45, 2.75) is 51.6 Å². The molecule has 2 rings (SSSR count). The lowest BCUT2D eigenvalue weighted by Crippen LogP contribution is -2.36. The zero-order valence-electron chi connectivity index (χ0n) is 10.9. The second-order valence-corrected chi connectivity index (χ2v) is 6.57. The minimum atomic E-state index is 0.142. The molecule has 2 atom stereocenters. The largest absolute Gasteiger partial charge is 0.351 e. The highest BCUT2D eigenvalue weighted by Gasteiger charge is 2.23. The lowest BCUT2D eigenvalue weighted by atomic mass is 9.83. The molecule has 1 saturated carbocycles. The Balaban J connectivity index is 1.74. The van der Waals surface area contributed by atoms with E-state index in [9.17, 15) is 4.79 Å². The molecule has 2 unspecified atom stereocenters. The van der Waals surface area contributed by atoms with Gasteiger partial charge < -0.3 is 11.1 Å². The standard InChI is InChI=1S/C14H22N2OS/c1-10-6-7-12(18-10)9-16-14(17)8-11-4-2-3-5-13(11)15/h6-7,11,13H,2-5,8-9,15H2,1H3,(H,16,17). The summed E-state index contributed by atoms with van der Waals surface area (Å²) in [5, 5.41) is 3.00. The van der Waals surface area contributed by atoms with Crippen molar-refractivity contribution in [3.05, 3.63) is 21.9 Å². The lowest BCUT2D eigenvalue weighted by molar-refractivity contribution is -0.122. The van der Waals surface area contributed by atoms with Gasteiger partial charge in [-0.3, -0.25) is 4.79 Å². The summed E-state index contributed by atoms with van der Waals surface area (Å²) >= 11 is 1.74. The summed E-state index contributed by atoms with van der Waals surface area (Å²) in [7, 11) is 0. The molecule has 0 saturated heterocycles. The number of hydrogen-bond acceptors (Lipinski definition) is 3. The molecular formula is C14H22N2OS. The molecule has 1 aromatic heterocycles. The van der Waals surface area contributed by atoms with Gasteiger partial charge in [0.25, 0.3) is 0 Å². The lowest BCUT2D eigenvalue weighted by Gasteiger charge is -2.27. The summed E-state index contributed by atoms with van der Waals surface area (Å²) in [4.78, 5) is 14.4. The molecule has 1 fully saturated rings. The van der Waals surface area contributed by atoms with Crippen LogP contribution in [0.25, 0.3) is 0 Å². The smallest absolute Gasteiger partial charge is 0.220 e. The van der Waals surface area contributed by atoms with Crippen LogP contribution in [0.2, 0.25) is 0 Å². The Bertz CT molecular complexity index is 402. The number of hydrogen-bond donors (Lipinski definition) is 2. The maximum absolute atomic E-state index is 11.9. The number of aryl methyl sites for hydroxylation is 1. The van der Waals surface area contributed by atoms with Gasteiger partial charge in [-0.15, -0.1) is 11.3 Å². The molecule has 0 spiro atoms. The van der Waals surface area contributed by atoms with Crippen LogP contribution in [0.15, 0.2) is 12.1 Å². The van der Waals surface area contributed by atoms with E-state index in [0.29, 0.717) is 18.9 Å². The predicted octanol–water partition coefficient (Wildman–Crippen LogP) is 2.58. The van der Waals surface area contributed by atoms with Gasteiger partial charge in [-0.05, 0) is 37.8 Å². The molecule has 1 aliphatic carbocycles. The molecule has 4 heteroatoms. The van der Waals surface area contributed by atoms with Crippen molar-refractivity contribution in [2.75, 3.05) is 0 Å². The molecule has 1 heterocycles. The summed E-state index contributed by atoms with van der Waals surface area (Å²) < 4.78 is 0. The third-order valence-corrected chi connectivity index (χ3v) is 4.67. The molecule has 18 heavy (non-hydrogen) atoms. The van der Waals surface area contributed by atoms with Gasteiger partial charge in [0.15, 0.2) is 0 Å². The number of thiophene rings is 1. The van der Waals surface area contributed by atoms with Gasteiger partial charge in [0.05, 0.1) is 6.54 Å². The van der Waals surface area contributed by atoms with Crippen molar-refractivity contribution < 1.29 is 4.79 Å². The highest BCUT2D eigenvalue weighted by molar-refractivity contribution is 7.11. The van der Waals surface area contributed by atoms with E-state index in [1.807, 2.05) is 0 Å². The molecule has 1 amide bonds. The number of carbonyl (C=O) groups is 1. The van der Waals surface area contributed by atoms with E-state index in [1.165, 1.54) is 22.6 Å². The fourth-order valence-corrected chi connectivity index (χ4v) is 3.40. The van der Waals surface area contributed by atoms with Crippen LogP contribution in [-0.2, 0) is 11.3 Å². The van der Waals surface area contributed by atoms with E-state index in [1.54, 1.807) is 11.3 Å². The molecule has 0 aliphatic heterocycles. The Morgan fingerprint density at radius 3 is 2.89 bits per heavy atom. The summed E-state index contributed by atoms with van der Waals surface area (Å²) in [6, 6.07) is 4.38. The SMILES string of the molecule is Cc1ccc(CNC(=O)CC2CCCCC2N)s1. The average Bonchev–Trinajstić information content (AvgIpc) is 2.76. The van der Waals surface area contributed by atoms with Crippen LogP contribution in [0.1, 0.15) is 41.9 Å². The first-order chi connectivity index (χ1) is 8.65. The number of nitrogens with one attached hydrogen (secondary N) is 1. The van der Waals surface area contributed by atoms with Gasteiger partial charge in [0.2, 0.25) is 5.91 Å². The van der Waals surface area contributed by atoms with Crippen LogP contribution >= 0.6 is 11.3 Å². The van der Waals surface area contributed by atoms with Crippen LogP contribution in [-0.4, -0.2) is 11.9 Å². The summed E-state index contributed by atoms with van der Waals surface area (Å²) in [5.74, 6) is 0.521. The predicted molar refractivity (Wildman–Crippen MR) is 75.5 cm³/mol. The number of carbonyl (C=O) groups excluding carboxylic acids is 1. The fraction of sp³-hybridized carbons (Fsp3) is 0.643. The van der Waals surface area contributed by atoms with E-state index >= 15 is 0 Å². The van der Waals surface area contributed by atoms with Crippen molar-refractivity contribution in [1.82, 2.24) is 5.32 Å². The minimum absolute atomic E-state index is 0.142. The third-order valence-electron chi connectivity index (χ3n) is 3.67. The Morgan fingerprint density at radius 1 is 1.44 bits per heavy atom. The first-order valence-electron chi connectivity index (χ1n) is 6.73. The summed E-state index contributed by atoms with van der Waals surface area (Å²) in [5.41, 5.74) is 6.06. The van der Waals surface area contributed by atoms with E-state index in [0.717, 1.165) is 12.8 Å². The molecule has 1 aromatic rings. The minimum Gasteiger partial charge on any atom is -0.351 e. The van der Waals surface area contributed by atoms with E-state index in [4.69, 9.17) is 5.73 Å². The van der Waals surface area contributed by atoms with E-state index < -0.39 is 0 Å². The normalized spacial score (nSPS) is 23.9. The number of rotatable bonds is 4. The van der Waals surface area contributed by atoms with Crippen LogP contribution in [0, 0.1) is 12.8 Å².